The molecule has 4 rings (SSSR count). The molecule has 2 aromatic carbocycles. The van der Waals surface area contributed by atoms with Crippen molar-refractivity contribution in [2.75, 3.05) is 11.1 Å². The van der Waals surface area contributed by atoms with Crippen LogP contribution >= 0.6 is 23.2 Å². The molecule has 0 spiro atoms. The number of nitrogen functional groups attached to an aromatic ring is 1. The van der Waals surface area contributed by atoms with Crippen molar-refractivity contribution < 1.29 is 4.79 Å². The summed E-state index contributed by atoms with van der Waals surface area (Å²) in [5, 5.41) is 3.88. The third-order valence-electron chi connectivity index (χ3n) is 4.85. The molecule has 3 aromatic rings. The zero-order valence-corrected chi connectivity index (χ0v) is 17.1. The lowest BCUT2D eigenvalue weighted by Gasteiger charge is -2.07. The van der Waals surface area contributed by atoms with E-state index in [-0.39, 0.29) is 5.91 Å². The van der Waals surface area contributed by atoms with E-state index in [0.717, 1.165) is 23.4 Å². The van der Waals surface area contributed by atoms with Crippen LogP contribution in [0.25, 0.3) is 11.0 Å². The lowest BCUT2D eigenvalue weighted by Crippen LogP contribution is -2.13. The van der Waals surface area contributed by atoms with Crippen molar-refractivity contribution in [1.29, 1.82) is 0 Å². The van der Waals surface area contributed by atoms with Crippen molar-refractivity contribution in [2.45, 2.75) is 38.5 Å². The Morgan fingerprint density at radius 2 is 1.89 bits per heavy atom. The summed E-state index contributed by atoms with van der Waals surface area (Å²) in [5.74, 6) is 1.37. The maximum atomic E-state index is 11.9. The number of hydrogen-bond acceptors (Lipinski definition) is 3. The largest absolute Gasteiger partial charge is 0.399 e. The second-order valence-electron chi connectivity index (χ2n) is 7.01. The van der Waals surface area contributed by atoms with Crippen molar-refractivity contribution in [3.63, 3.8) is 0 Å². The van der Waals surface area contributed by atoms with Crippen LogP contribution in [0, 0.1) is 5.92 Å². The van der Waals surface area contributed by atoms with E-state index in [2.05, 4.69) is 15.3 Å². The number of nitrogens with two attached hydrogens (primary N) is 1. The fourth-order valence-corrected chi connectivity index (χ4v) is 3.66. The number of aromatic nitrogens is 2. The van der Waals surface area contributed by atoms with Crippen LogP contribution in [0.4, 0.5) is 11.6 Å². The standard InChI is InChI=1S/C15H19N3O.C6H5Cl2N/c19-14(10-9-11-5-1-2-6-11)18-15-16-12-7-3-4-8-13(12)17-15;7-5-2-1-4(9)3-6(5)8/h3-4,7-8,11H,1-2,5-6,9-10H2,(H2,16,17,18,19);1-3H,9H2. The Morgan fingerprint density at radius 3 is 2.57 bits per heavy atom. The molecule has 1 amide bonds. The average Bonchev–Trinajstić information content (AvgIpc) is 3.33. The highest BCUT2D eigenvalue weighted by Crippen LogP contribution is 2.28. The third-order valence-corrected chi connectivity index (χ3v) is 5.58. The van der Waals surface area contributed by atoms with Crippen LogP contribution in [0.3, 0.4) is 0 Å². The van der Waals surface area contributed by atoms with Crippen molar-refractivity contribution in [3.8, 4) is 0 Å². The zero-order valence-electron chi connectivity index (χ0n) is 15.6. The molecule has 5 nitrogen and oxygen atoms in total. The summed E-state index contributed by atoms with van der Waals surface area (Å²) in [4.78, 5) is 19.3. The predicted molar refractivity (Wildman–Crippen MR) is 117 cm³/mol. The molecule has 1 aliphatic carbocycles. The first-order valence-corrected chi connectivity index (χ1v) is 10.2. The molecule has 1 saturated carbocycles. The van der Waals surface area contributed by atoms with Gasteiger partial charge in [0.2, 0.25) is 11.9 Å². The Kier molecular flexibility index (Phi) is 7.18. The number of rotatable bonds is 4. The number of fused-ring (bicyclic) bond motifs is 1. The molecule has 0 radical (unpaired) electrons. The lowest BCUT2D eigenvalue weighted by molar-refractivity contribution is -0.116. The van der Waals surface area contributed by atoms with Gasteiger partial charge in [-0.25, -0.2) is 4.98 Å². The Balaban J connectivity index is 0.000000211. The second kappa shape index (κ2) is 9.80. The second-order valence-corrected chi connectivity index (χ2v) is 7.83. The fraction of sp³-hybridized carbons (Fsp3) is 0.333. The van der Waals surface area contributed by atoms with E-state index < -0.39 is 0 Å². The number of hydrogen-bond donors (Lipinski definition) is 3. The van der Waals surface area contributed by atoms with Crippen LogP contribution in [-0.2, 0) is 4.79 Å². The first-order chi connectivity index (χ1) is 13.5. The quantitative estimate of drug-likeness (QED) is 0.450. The van der Waals surface area contributed by atoms with E-state index in [0.29, 0.717) is 28.1 Å². The van der Waals surface area contributed by atoms with Crippen LogP contribution < -0.4 is 11.1 Å². The molecule has 0 unspecified atom stereocenters. The minimum atomic E-state index is 0.0611. The van der Waals surface area contributed by atoms with Gasteiger partial charge >= 0.3 is 0 Å². The van der Waals surface area contributed by atoms with Gasteiger partial charge in [0.1, 0.15) is 0 Å². The minimum Gasteiger partial charge on any atom is -0.399 e. The number of anilines is 2. The number of halogens is 2. The molecule has 148 valence electrons. The lowest BCUT2D eigenvalue weighted by atomic mass is 10.0. The molecule has 4 N–H and O–H groups in total. The summed E-state index contributed by atoms with van der Waals surface area (Å²) >= 11 is 11.2. The minimum absolute atomic E-state index is 0.0611. The maximum absolute atomic E-state index is 11.9. The number of carbonyl (C=O) groups excluding carboxylic acids is 1. The molecule has 0 bridgehead atoms. The first-order valence-electron chi connectivity index (χ1n) is 9.46. The fourth-order valence-electron chi connectivity index (χ4n) is 3.35. The number of benzene rings is 2. The first kappa shape index (κ1) is 20.5. The summed E-state index contributed by atoms with van der Waals surface area (Å²) < 4.78 is 0. The van der Waals surface area contributed by atoms with E-state index in [1.165, 1.54) is 25.7 Å². The van der Waals surface area contributed by atoms with Gasteiger partial charge in [0, 0.05) is 12.1 Å². The van der Waals surface area contributed by atoms with Gasteiger partial charge in [0.15, 0.2) is 0 Å². The number of H-pyrrole nitrogens is 1. The number of carbonyl (C=O) groups is 1. The van der Waals surface area contributed by atoms with E-state index in [1.54, 1.807) is 18.2 Å². The highest BCUT2D eigenvalue weighted by atomic mass is 35.5. The van der Waals surface area contributed by atoms with E-state index in [1.807, 2.05) is 24.3 Å². The van der Waals surface area contributed by atoms with Gasteiger partial charge in [0.05, 0.1) is 21.1 Å². The Bertz CT molecular complexity index is 902. The average molecular weight is 419 g/mol. The summed E-state index contributed by atoms with van der Waals surface area (Å²) in [6, 6.07) is 12.8. The van der Waals surface area contributed by atoms with Crippen LogP contribution in [0.15, 0.2) is 42.5 Å². The Morgan fingerprint density at radius 1 is 1.14 bits per heavy atom. The van der Waals surface area contributed by atoms with Crippen molar-refractivity contribution >= 4 is 51.8 Å². The molecular formula is C21H24Cl2N4O. The molecular weight excluding hydrogens is 395 g/mol. The highest BCUT2D eigenvalue weighted by molar-refractivity contribution is 6.42. The SMILES string of the molecule is Nc1ccc(Cl)c(Cl)c1.O=C(CCC1CCCC1)Nc1nc2ccccc2[nH]1. The molecule has 0 atom stereocenters. The molecule has 1 heterocycles. The monoisotopic (exact) mass is 418 g/mol. The number of amides is 1. The summed E-state index contributed by atoms with van der Waals surface area (Å²) in [6.07, 6.45) is 6.84. The Labute approximate surface area is 174 Å². The van der Waals surface area contributed by atoms with Gasteiger partial charge in [-0.3, -0.25) is 10.1 Å². The van der Waals surface area contributed by atoms with Gasteiger partial charge in [-0.05, 0) is 42.7 Å². The van der Waals surface area contributed by atoms with Crippen LogP contribution in [-0.4, -0.2) is 15.9 Å². The number of aromatic amines is 1. The zero-order chi connectivity index (χ0) is 19.9. The number of imidazole rings is 1. The van der Waals surface area contributed by atoms with Crippen molar-refractivity contribution in [3.05, 3.63) is 52.5 Å². The maximum Gasteiger partial charge on any atom is 0.226 e. The molecule has 0 saturated heterocycles. The topological polar surface area (TPSA) is 83.8 Å². The smallest absolute Gasteiger partial charge is 0.226 e. The summed E-state index contributed by atoms with van der Waals surface area (Å²) in [6.45, 7) is 0. The Hall–Kier alpha value is -2.24. The molecule has 7 heteroatoms. The van der Waals surface area contributed by atoms with E-state index in [9.17, 15) is 4.79 Å². The van der Waals surface area contributed by atoms with Crippen molar-refractivity contribution in [2.24, 2.45) is 5.92 Å². The molecule has 1 fully saturated rings. The molecule has 1 aliphatic rings. The molecule has 1 aromatic heterocycles. The number of nitrogens with one attached hydrogen (secondary N) is 2. The van der Waals surface area contributed by atoms with Crippen LogP contribution in [0.2, 0.25) is 10.0 Å². The van der Waals surface area contributed by atoms with Crippen LogP contribution in [0.5, 0.6) is 0 Å². The normalized spacial score (nSPS) is 13.9. The van der Waals surface area contributed by atoms with Crippen LogP contribution in [0.1, 0.15) is 38.5 Å². The summed E-state index contributed by atoms with van der Waals surface area (Å²) in [5.41, 5.74) is 7.85. The van der Waals surface area contributed by atoms with Gasteiger partial charge in [-0.1, -0.05) is 61.0 Å². The highest BCUT2D eigenvalue weighted by Gasteiger charge is 2.16. The summed E-state index contributed by atoms with van der Waals surface area (Å²) in [7, 11) is 0. The van der Waals surface area contributed by atoms with Gasteiger partial charge in [0.25, 0.3) is 0 Å². The molecule has 28 heavy (non-hydrogen) atoms. The molecule has 0 aliphatic heterocycles. The number of nitrogens with zero attached hydrogens (tertiary/aromatic N) is 1. The third kappa shape index (κ3) is 5.88. The van der Waals surface area contributed by atoms with Crippen molar-refractivity contribution in [1.82, 2.24) is 9.97 Å². The number of para-hydroxylation sites is 2. The predicted octanol–water partition coefficient (Wildman–Crippen LogP) is 6.05. The van der Waals surface area contributed by atoms with E-state index in [4.69, 9.17) is 28.9 Å². The van der Waals surface area contributed by atoms with E-state index >= 15 is 0 Å². The van der Waals surface area contributed by atoms with Gasteiger partial charge in [-0.2, -0.15) is 0 Å². The van der Waals surface area contributed by atoms with Gasteiger partial charge in [-0.15, -0.1) is 0 Å². The van der Waals surface area contributed by atoms with Gasteiger partial charge < -0.3 is 10.7 Å².